The summed E-state index contributed by atoms with van der Waals surface area (Å²) >= 11 is 0. The molecule has 0 aromatic rings. The van der Waals surface area contributed by atoms with Crippen molar-refractivity contribution in [2.24, 2.45) is 0 Å². The summed E-state index contributed by atoms with van der Waals surface area (Å²) in [6, 6.07) is 0. The molecule has 0 N–H and O–H groups in total. The van der Waals surface area contributed by atoms with Crippen molar-refractivity contribution in [3.63, 3.8) is 0 Å². The first kappa shape index (κ1) is 19.8. The van der Waals surface area contributed by atoms with Crippen LogP contribution in [0.4, 0.5) is 0 Å². The van der Waals surface area contributed by atoms with E-state index in [0.29, 0.717) is 6.42 Å². The quantitative estimate of drug-likeness (QED) is 0.525. The average molecular weight is 218 g/mol. The van der Waals surface area contributed by atoms with Gasteiger partial charge in [0.1, 0.15) is 5.78 Å². The van der Waals surface area contributed by atoms with Gasteiger partial charge in [0.15, 0.2) is 6.29 Å². The number of ketones is 1. The molecular formula is C12H26O3. The normalized spacial score (nSPS) is 8.40. The Morgan fingerprint density at radius 1 is 1.13 bits per heavy atom. The first-order chi connectivity index (χ1) is 7.08. The molecule has 0 rings (SSSR count). The monoisotopic (exact) mass is 218 g/mol. The maximum atomic E-state index is 9.81. The molecule has 3 nitrogen and oxygen atoms in total. The third kappa shape index (κ3) is 31.8. The van der Waals surface area contributed by atoms with Gasteiger partial charge in [-0.15, -0.1) is 13.2 Å². The van der Waals surface area contributed by atoms with Gasteiger partial charge in [-0.2, -0.15) is 0 Å². The second kappa shape index (κ2) is 19.0. The van der Waals surface area contributed by atoms with Crippen LogP contribution in [-0.4, -0.2) is 25.3 Å². The average Bonchev–Trinajstić information content (AvgIpc) is 2.22. The van der Waals surface area contributed by atoms with E-state index in [2.05, 4.69) is 13.2 Å². The van der Waals surface area contributed by atoms with Gasteiger partial charge in [-0.1, -0.05) is 6.92 Å². The van der Waals surface area contributed by atoms with Gasteiger partial charge in [-0.05, 0) is 27.7 Å². The number of carbonyl (C=O) groups excluding carboxylic acids is 1. The van der Waals surface area contributed by atoms with Gasteiger partial charge in [0.25, 0.3) is 0 Å². The minimum absolute atomic E-state index is 0.0370. The SMILES string of the molecule is C=C.CCC(C)=O.CCOC(C)OCC. The first-order valence-electron chi connectivity index (χ1n) is 5.31. The fourth-order valence-electron chi connectivity index (χ4n) is 0.518. The predicted octanol–water partition coefficient (Wildman–Crippen LogP) is 3.19. The highest BCUT2D eigenvalue weighted by Gasteiger charge is 1.94. The Labute approximate surface area is 94.5 Å². The Morgan fingerprint density at radius 3 is 1.53 bits per heavy atom. The van der Waals surface area contributed by atoms with Crippen LogP contribution in [0.2, 0.25) is 0 Å². The zero-order valence-electron chi connectivity index (χ0n) is 10.8. The molecule has 0 aliphatic rings. The van der Waals surface area contributed by atoms with Crippen LogP contribution in [0.15, 0.2) is 13.2 Å². The molecule has 0 bridgehead atoms. The molecule has 0 unspecified atom stereocenters. The van der Waals surface area contributed by atoms with Crippen molar-refractivity contribution in [1.82, 2.24) is 0 Å². The Bertz CT molecular complexity index is 118. The molecule has 0 spiro atoms. The molecule has 0 atom stereocenters. The first-order valence-corrected chi connectivity index (χ1v) is 5.31. The molecule has 3 heteroatoms. The predicted molar refractivity (Wildman–Crippen MR) is 64.9 cm³/mol. The third-order valence-corrected chi connectivity index (χ3v) is 1.30. The topological polar surface area (TPSA) is 35.5 Å². The van der Waals surface area contributed by atoms with Crippen LogP contribution >= 0.6 is 0 Å². The summed E-state index contributed by atoms with van der Waals surface area (Å²) < 4.78 is 10.1. The molecule has 0 amide bonds. The second-order valence-corrected chi connectivity index (χ2v) is 2.53. The van der Waals surface area contributed by atoms with E-state index in [1.807, 2.05) is 27.7 Å². The van der Waals surface area contributed by atoms with E-state index in [-0.39, 0.29) is 12.1 Å². The van der Waals surface area contributed by atoms with Crippen LogP contribution in [0.5, 0.6) is 0 Å². The Balaban J connectivity index is -0.000000177. The second-order valence-electron chi connectivity index (χ2n) is 2.53. The van der Waals surface area contributed by atoms with E-state index in [1.54, 1.807) is 6.92 Å². The lowest BCUT2D eigenvalue weighted by Gasteiger charge is -2.09. The highest BCUT2D eigenvalue weighted by atomic mass is 16.7. The maximum Gasteiger partial charge on any atom is 0.154 e. The summed E-state index contributed by atoms with van der Waals surface area (Å²) in [4.78, 5) is 9.81. The van der Waals surface area contributed by atoms with Gasteiger partial charge in [0.05, 0.1) is 0 Å². The highest BCUT2D eigenvalue weighted by Crippen LogP contribution is 1.90. The molecule has 0 saturated heterocycles. The Kier molecular flexibility index (Phi) is 25.1. The molecule has 0 saturated carbocycles. The number of hydrogen-bond donors (Lipinski definition) is 0. The lowest BCUT2D eigenvalue weighted by Crippen LogP contribution is -2.11. The number of carbonyl (C=O) groups is 1. The summed E-state index contributed by atoms with van der Waals surface area (Å²) in [6.07, 6.45) is 0.630. The largest absolute Gasteiger partial charge is 0.353 e. The third-order valence-electron chi connectivity index (χ3n) is 1.30. The van der Waals surface area contributed by atoms with Crippen molar-refractivity contribution < 1.29 is 14.3 Å². The summed E-state index contributed by atoms with van der Waals surface area (Å²) in [5.74, 6) is 0.255. The van der Waals surface area contributed by atoms with Crippen LogP contribution in [-0.2, 0) is 14.3 Å². The van der Waals surface area contributed by atoms with Crippen LogP contribution in [0.25, 0.3) is 0 Å². The van der Waals surface area contributed by atoms with Gasteiger partial charge in [0, 0.05) is 19.6 Å². The maximum absolute atomic E-state index is 9.81. The van der Waals surface area contributed by atoms with Crippen molar-refractivity contribution in [3.05, 3.63) is 13.2 Å². The van der Waals surface area contributed by atoms with E-state index < -0.39 is 0 Å². The van der Waals surface area contributed by atoms with Crippen LogP contribution in [0.1, 0.15) is 41.0 Å². The molecule has 15 heavy (non-hydrogen) atoms. The van der Waals surface area contributed by atoms with Crippen molar-refractivity contribution in [3.8, 4) is 0 Å². The molecule has 0 radical (unpaired) electrons. The molecule has 0 aromatic carbocycles. The van der Waals surface area contributed by atoms with Crippen LogP contribution < -0.4 is 0 Å². The Hall–Kier alpha value is -0.670. The highest BCUT2D eigenvalue weighted by molar-refractivity contribution is 5.74. The smallest absolute Gasteiger partial charge is 0.154 e. The fourth-order valence-corrected chi connectivity index (χ4v) is 0.518. The zero-order chi connectivity index (χ0) is 12.7. The Morgan fingerprint density at radius 2 is 1.40 bits per heavy atom. The van der Waals surface area contributed by atoms with E-state index in [4.69, 9.17) is 9.47 Å². The molecule has 0 aliphatic carbocycles. The van der Waals surface area contributed by atoms with Crippen molar-refractivity contribution in [2.45, 2.75) is 47.3 Å². The molecule has 0 aromatic heterocycles. The van der Waals surface area contributed by atoms with E-state index >= 15 is 0 Å². The van der Waals surface area contributed by atoms with Crippen molar-refractivity contribution >= 4 is 5.78 Å². The van der Waals surface area contributed by atoms with E-state index in [9.17, 15) is 4.79 Å². The summed E-state index contributed by atoms with van der Waals surface area (Å²) in [5.41, 5.74) is 0. The fraction of sp³-hybridized carbons (Fsp3) is 0.750. The van der Waals surface area contributed by atoms with Gasteiger partial charge in [-0.25, -0.2) is 0 Å². The molecule has 0 fully saturated rings. The van der Waals surface area contributed by atoms with Crippen LogP contribution in [0, 0.1) is 0 Å². The minimum atomic E-state index is -0.0370. The lowest BCUT2D eigenvalue weighted by atomic mass is 10.4. The van der Waals surface area contributed by atoms with Gasteiger partial charge in [-0.3, -0.25) is 0 Å². The zero-order valence-corrected chi connectivity index (χ0v) is 10.8. The minimum Gasteiger partial charge on any atom is -0.353 e. The summed E-state index contributed by atoms with van der Waals surface area (Å²) in [7, 11) is 0. The molecule has 0 heterocycles. The summed E-state index contributed by atoms with van der Waals surface area (Å²) in [6.45, 7) is 16.7. The lowest BCUT2D eigenvalue weighted by molar-refractivity contribution is -0.123. The summed E-state index contributed by atoms with van der Waals surface area (Å²) in [5, 5.41) is 0. The van der Waals surface area contributed by atoms with Crippen molar-refractivity contribution in [1.29, 1.82) is 0 Å². The molecule has 0 aliphatic heterocycles. The van der Waals surface area contributed by atoms with Crippen LogP contribution in [0.3, 0.4) is 0 Å². The van der Waals surface area contributed by atoms with Crippen molar-refractivity contribution in [2.75, 3.05) is 13.2 Å². The number of Topliss-reactive ketones (excluding diaryl/α,β-unsaturated/α-hetero) is 1. The molecule has 92 valence electrons. The number of ether oxygens (including phenoxy) is 2. The number of rotatable bonds is 5. The van der Waals surface area contributed by atoms with Gasteiger partial charge in [0.2, 0.25) is 0 Å². The van der Waals surface area contributed by atoms with Gasteiger partial charge >= 0.3 is 0 Å². The van der Waals surface area contributed by atoms with E-state index in [0.717, 1.165) is 13.2 Å². The number of hydrogen-bond acceptors (Lipinski definition) is 3. The standard InChI is InChI=1S/C6H14O2.C4H8O.C2H4/c1-4-7-6(3)8-5-2;1-3-4(2)5;1-2/h6H,4-5H2,1-3H3;3H2,1-2H3;1-2H2. The van der Waals surface area contributed by atoms with Gasteiger partial charge < -0.3 is 14.3 Å². The molecular weight excluding hydrogens is 192 g/mol. The van der Waals surface area contributed by atoms with E-state index in [1.165, 1.54) is 0 Å².